The van der Waals surface area contributed by atoms with Crippen LogP contribution in [0.4, 0.5) is 0 Å². The van der Waals surface area contributed by atoms with Gasteiger partial charge < -0.3 is 54.6 Å². The predicted octanol–water partition coefficient (Wildman–Crippen LogP) is -6.74. The number of thiol groups is 2. The second-order valence-electron chi connectivity index (χ2n) is 4.80. The van der Waals surface area contributed by atoms with Crippen molar-refractivity contribution in [2.45, 2.75) is 25.7 Å². The molecule has 0 saturated carbocycles. The van der Waals surface area contributed by atoms with Crippen molar-refractivity contribution >= 4 is 80.5 Å². The van der Waals surface area contributed by atoms with Gasteiger partial charge in [-0.1, -0.05) is 24.4 Å². The molecule has 0 aliphatic rings. The van der Waals surface area contributed by atoms with E-state index in [9.17, 15) is 19.2 Å². The van der Waals surface area contributed by atoms with E-state index in [2.05, 4.69) is 10.6 Å². The van der Waals surface area contributed by atoms with E-state index < -0.39 is 23.9 Å². The van der Waals surface area contributed by atoms with Crippen LogP contribution in [0, 0.1) is 0 Å². The minimum Gasteiger partial charge on any atom is -0.481 e. The molecule has 30 heavy (non-hydrogen) atoms. The summed E-state index contributed by atoms with van der Waals surface area (Å²) < 4.78 is 0.986. The molecule has 0 fully saturated rings. The van der Waals surface area contributed by atoms with Crippen LogP contribution in [-0.2, 0) is 42.7 Å². The first kappa shape index (κ1) is 38.9. The van der Waals surface area contributed by atoms with Crippen LogP contribution in [0.5, 0.6) is 0 Å². The number of carbonyl (C=O) groups is 4. The first-order chi connectivity index (χ1) is 13.0. The van der Waals surface area contributed by atoms with Crippen LogP contribution in [0.3, 0.4) is 0 Å². The van der Waals surface area contributed by atoms with Crippen molar-refractivity contribution in [1.82, 2.24) is 10.6 Å². The van der Waals surface area contributed by atoms with Crippen molar-refractivity contribution in [2.24, 2.45) is 0 Å². The van der Waals surface area contributed by atoms with Crippen LogP contribution >= 0.6 is 24.4 Å². The van der Waals surface area contributed by atoms with Gasteiger partial charge in [-0.25, -0.2) is 0 Å². The van der Waals surface area contributed by atoms with Gasteiger partial charge in [-0.3, -0.25) is 19.2 Å². The summed E-state index contributed by atoms with van der Waals surface area (Å²) in [4.78, 5) is 40.5. The summed E-state index contributed by atoms with van der Waals surface area (Å²) in [7, 11) is 0. The largest absolute Gasteiger partial charge is 1.00 e. The zero-order chi connectivity index (χ0) is 21.9. The van der Waals surface area contributed by atoms with Crippen molar-refractivity contribution in [1.29, 1.82) is 0 Å². The molecule has 0 aliphatic carbocycles. The SMILES string of the molecule is O=C(O)CCNC(=S)[SH-]CCC(=O)O.O=C(O)CCNC(=S)[SH-]CCC(=O)O.[K+].[K+]. The summed E-state index contributed by atoms with van der Waals surface area (Å²) in [6.45, 7) is 0.572. The molecule has 0 rings (SSSR count). The van der Waals surface area contributed by atoms with Gasteiger partial charge in [-0.05, 0) is 8.64 Å². The van der Waals surface area contributed by atoms with E-state index in [-0.39, 0.29) is 142 Å². The second-order valence-corrected chi connectivity index (χ2v) is 8.65. The third-order valence-electron chi connectivity index (χ3n) is 2.39. The van der Waals surface area contributed by atoms with Crippen LogP contribution in [0.1, 0.15) is 25.7 Å². The van der Waals surface area contributed by atoms with Crippen LogP contribution in [0.25, 0.3) is 0 Å². The number of thiocarbonyl (C=S) groups is 2. The Hall–Kier alpha value is 1.63. The van der Waals surface area contributed by atoms with Crippen LogP contribution < -0.4 is 113 Å². The Balaban J connectivity index is -0.000000211. The van der Waals surface area contributed by atoms with Crippen LogP contribution in [-0.4, -0.2) is 77.5 Å². The summed E-state index contributed by atoms with van der Waals surface area (Å²) in [5.41, 5.74) is 0. The van der Waals surface area contributed by atoms with E-state index in [0.29, 0.717) is 20.1 Å². The van der Waals surface area contributed by atoms with E-state index in [0.717, 1.165) is 23.5 Å². The van der Waals surface area contributed by atoms with Gasteiger partial charge in [0, 0.05) is 25.9 Å². The summed E-state index contributed by atoms with van der Waals surface area (Å²) in [5.74, 6) is -2.58. The molecule has 0 saturated heterocycles. The van der Waals surface area contributed by atoms with E-state index in [1.54, 1.807) is 0 Å². The maximum atomic E-state index is 10.1. The van der Waals surface area contributed by atoms with Gasteiger partial charge in [0.2, 0.25) is 0 Å². The minimum atomic E-state index is -0.887. The van der Waals surface area contributed by atoms with Crippen molar-refractivity contribution in [3.8, 4) is 0 Å². The Morgan fingerprint density at radius 3 is 1.10 bits per heavy atom. The van der Waals surface area contributed by atoms with E-state index >= 15 is 0 Å². The van der Waals surface area contributed by atoms with Crippen molar-refractivity contribution in [3.05, 3.63) is 0 Å². The number of hydrogen-bond acceptors (Lipinski definition) is 8. The van der Waals surface area contributed by atoms with Gasteiger partial charge in [0.1, 0.15) is 0 Å². The molecule has 0 spiro atoms. The van der Waals surface area contributed by atoms with Crippen molar-refractivity contribution in [2.75, 3.05) is 24.6 Å². The molecule has 6 N–H and O–H groups in total. The third kappa shape index (κ3) is 37.0. The number of hydrogen-bond donors (Lipinski definition) is 6. The Kier molecular flexibility index (Phi) is 34.8. The van der Waals surface area contributed by atoms with Gasteiger partial charge in [0.15, 0.2) is 0 Å². The van der Waals surface area contributed by atoms with Crippen LogP contribution in [0.2, 0.25) is 0 Å². The molecule has 0 aromatic heterocycles. The van der Waals surface area contributed by atoms with Crippen molar-refractivity contribution in [3.63, 3.8) is 0 Å². The third-order valence-corrected chi connectivity index (χ3v) is 5.24. The zero-order valence-corrected chi connectivity index (χ0v) is 26.5. The number of carboxylic acids is 4. The topological polar surface area (TPSA) is 173 Å². The molecule has 0 aromatic carbocycles. The van der Waals surface area contributed by atoms with Crippen LogP contribution in [0.15, 0.2) is 0 Å². The number of aliphatic carboxylic acids is 4. The molecule has 0 heterocycles. The van der Waals surface area contributed by atoms with E-state index in [1.807, 2.05) is 0 Å². The number of nitrogens with one attached hydrogen (secondary N) is 2. The van der Waals surface area contributed by atoms with Gasteiger partial charge in [0.05, 0.1) is 12.8 Å². The average molecular weight is 555 g/mol. The fourth-order valence-electron chi connectivity index (χ4n) is 1.17. The van der Waals surface area contributed by atoms with E-state index in [4.69, 9.17) is 44.9 Å². The fraction of sp³-hybridized carbons (Fsp3) is 0.571. The molecule has 0 radical (unpaired) electrons. The molecule has 0 aromatic rings. The standard InChI is InChI=1S/2C7H12NO4S2.2K/c2*9-5(10)1-3-8-7(13)14-4-2-6(11)12;;/h2*14H,1-4H2,(H,8,13)(H,9,10)(H,11,12);;/q2*-1;2*+1. The maximum absolute atomic E-state index is 10.1. The van der Waals surface area contributed by atoms with Gasteiger partial charge in [0.25, 0.3) is 0 Å². The molecule has 0 amide bonds. The molecule has 16 heteroatoms. The molecular formula is C14H24K2N2O8S4. The first-order valence-electron chi connectivity index (χ1n) is 7.82. The quantitative estimate of drug-likeness (QED) is 0.0583. The molecule has 0 atom stereocenters. The number of rotatable bonds is 12. The monoisotopic (exact) mass is 554 g/mol. The van der Waals surface area contributed by atoms with E-state index in [1.165, 1.54) is 0 Å². The average Bonchev–Trinajstić information content (AvgIpc) is 2.54. The second kappa shape index (κ2) is 26.9. The Morgan fingerprint density at radius 2 is 0.867 bits per heavy atom. The fourth-order valence-corrected chi connectivity index (χ4v) is 3.38. The molecule has 10 nitrogen and oxygen atoms in total. The molecular weight excluding hydrogens is 531 g/mol. The van der Waals surface area contributed by atoms with Gasteiger partial charge >= 0.3 is 127 Å². The smallest absolute Gasteiger partial charge is 0.481 e. The predicted molar refractivity (Wildman–Crippen MR) is 117 cm³/mol. The normalized spacial score (nSPS) is 9.07. The number of carboxylic acid groups (broad SMARTS) is 4. The molecule has 0 unspecified atom stereocenters. The Labute approximate surface area is 278 Å². The van der Waals surface area contributed by atoms with Gasteiger partial charge in [-0.15, -0.1) is 11.5 Å². The zero-order valence-electron chi connectivity index (χ0n) is 16.8. The Bertz CT molecular complexity index is 478. The molecule has 0 bridgehead atoms. The molecule has 164 valence electrons. The summed E-state index contributed by atoms with van der Waals surface area (Å²) in [6.07, 6.45) is 0.161. The maximum Gasteiger partial charge on any atom is 1.00 e. The summed E-state index contributed by atoms with van der Waals surface area (Å²) in [5, 5.41) is 38.7. The summed E-state index contributed by atoms with van der Waals surface area (Å²) >= 11 is 11.1. The van der Waals surface area contributed by atoms with Crippen molar-refractivity contribution < 1.29 is 142 Å². The first-order valence-corrected chi connectivity index (χ1v) is 10.8. The summed E-state index contributed by atoms with van der Waals surface area (Å²) in [6, 6.07) is 0. The van der Waals surface area contributed by atoms with Gasteiger partial charge in [-0.2, -0.15) is 0 Å². The molecule has 0 aliphatic heterocycles. The Morgan fingerprint density at radius 1 is 0.600 bits per heavy atom. The minimum absolute atomic E-state index is 0.